The zero-order chi connectivity index (χ0) is 21.8. The number of ether oxygens (including phenoxy) is 2. The number of hydrogen-bond acceptors (Lipinski definition) is 4. The van der Waals surface area contributed by atoms with Crippen molar-refractivity contribution in [2.75, 3.05) is 13.1 Å². The number of amides is 1. The van der Waals surface area contributed by atoms with Crippen LogP contribution in [0.2, 0.25) is 0 Å². The van der Waals surface area contributed by atoms with Gasteiger partial charge in [0.2, 0.25) is 5.91 Å². The van der Waals surface area contributed by atoms with Gasteiger partial charge in [0.25, 0.3) is 6.43 Å². The summed E-state index contributed by atoms with van der Waals surface area (Å²) in [6.07, 6.45) is -0.848. The van der Waals surface area contributed by atoms with Crippen molar-refractivity contribution in [3.63, 3.8) is 0 Å². The van der Waals surface area contributed by atoms with Crippen molar-refractivity contribution in [3.05, 3.63) is 24.0 Å². The fourth-order valence-electron chi connectivity index (χ4n) is 3.75. The van der Waals surface area contributed by atoms with Crippen molar-refractivity contribution in [2.24, 2.45) is 5.92 Å². The first-order valence-electron chi connectivity index (χ1n) is 9.96. The molecule has 0 spiro atoms. The summed E-state index contributed by atoms with van der Waals surface area (Å²) in [4.78, 5) is 14.1. The Balaban J connectivity index is 1.43. The van der Waals surface area contributed by atoms with Crippen LogP contribution in [0, 0.1) is 11.7 Å². The summed E-state index contributed by atoms with van der Waals surface area (Å²) in [7, 11) is 0. The van der Waals surface area contributed by atoms with Crippen LogP contribution in [-0.2, 0) is 4.79 Å². The summed E-state index contributed by atoms with van der Waals surface area (Å²) in [5.74, 6) is -1.46. The molecular formula is C20H25F5N2O3. The highest BCUT2D eigenvalue weighted by molar-refractivity contribution is 5.80. The number of carbonyl (C=O) groups excluding carboxylic acids is 1. The zero-order valence-corrected chi connectivity index (χ0v) is 16.5. The van der Waals surface area contributed by atoms with Crippen LogP contribution in [-0.4, -0.2) is 55.1 Å². The predicted octanol–water partition coefficient (Wildman–Crippen LogP) is 3.82. The SMILES string of the molecule is CC(C(F)F)N1CCC(NC(=O)C2CC(Oc3cc(F)ccc3OC(F)F)C2)CC1. The maximum atomic E-state index is 13.4. The van der Waals surface area contributed by atoms with E-state index in [0.717, 1.165) is 18.2 Å². The molecule has 1 aliphatic heterocycles. The molecule has 5 nitrogen and oxygen atoms in total. The lowest BCUT2D eigenvalue weighted by Gasteiger charge is -2.38. The predicted molar refractivity (Wildman–Crippen MR) is 98.4 cm³/mol. The van der Waals surface area contributed by atoms with Gasteiger partial charge in [-0.25, -0.2) is 13.2 Å². The number of nitrogens with zero attached hydrogens (tertiary/aromatic N) is 1. The van der Waals surface area contributed by atoms with E-state index in [9.17, 15) is 26.7 Å². The molecule has 1 aromatic rings. The number of hydrogen-bond donors (Lipinski definition) is 1. The molecule has 168 valence electrons. The highest BCUT2D eigenvalue weighted by atomic mass is 19.3. The molecule has 1 aromatic carbocycles. The third-order valence-electron chi connectivity index (χ3n) is 5.70. The number of halogens is 5. The lowest BCUT2D eigenvalue weighted by Crippen LogP contribution is -2.51. The Bertz CT molecular complexity index is 722. The van der Waals surface area contributed by atoms with Crippen molar-refractivity contribution < 1.29 is 36.2 Å². The van der Waals surface area contributed by atoms with Crippen LogP contribution < -0.4 is 14.8 Å². The first-order chi connectivity index (χ1) is 14.2. The van der Waals surface area contributed by atoms with Crippen molar-refractivity contribution in [1.29, 1.82) is 0 Å². The van der Waals surface area contributed by atoms with Crippen LogP contribution in [0.3, 0.4) is 0 Å². The van der Waals surface area contributed by atoms with E-state index < -0.39 is 31.0 Å². The molecule has 10 heteroatoms. The van der Waals surface area contributed by atoms with Gasteiger partial charge in [-0.15, -0.1) is 0 Å². The first kappa shape index (κ1) is 22.6. The quantitative estimate of drug-likeness (QED) is 0.630. The van der Waals surface area contributed by atoms with Crippen LogP contribution in [0.1, 0.15) is 32.6 Å². The molecule has 1 amide bonds. The lowest BCUT2D eigenvalue weighted by atomic mass is 9.81. The van der Waals surface area contributed by atoms with E-state index >= 15 is 0 Å². The van der Waals surface area contributed by atoms with E-state index in [0.29, 0.717) is 38.8 Å². The normalized spacial score (nSPS) is 23.9. The first-order valence-corrected chi connectivity index (χ1v) is 9.96. The molecule has 0 aromatic heterocycles. The standard InChI is InChI=1S/C20H25F5N2O3/c1-11(18(22)23)27-6-4-14(5-7-27)26-19(28)12-8-15(9-12)29-17-10-13(21)2-3-16(17)30-20(24)25/h2-3,10-12,14-15,18,20H,4-9H2,1H3,(H,26,28). The maximum absolute atomic E-state index is 13.4. The Morgan fingerprint density at radius 3 is 2.40 bits per heavy atom. The Morgan fingerprint density at radius 1 is 1.13 bits per heavy atom. The molecule has 1 N–H and O–H groups in total. The molecule has 1 saturated heterocycles. The molecule has 0 radical (unpaired) electrons. The molecule has 1 heterocycles. The molecule has 3 rings (SSSR count). The molecule has 2 aliphatic rings. The van der Waals surface area contributed by atoms with E-state index in [1.54, 1.807) is 4.90 Å². The van der Waals surface area contributed by atoms with Gasteiger partial charge in [0, 0.05) is 31.1 Å². The Kier molecular flexibility index (Phi) is 7.38. The van der Waals surface area contributed by atoms with E-state index in [1.165, 1.54) is 6.92 Å². The fraction of sp³-hybridized carbons (Fsp3) is 0.650. The molecule has 1 aliphatic carbocycles. The van der Waals surface area contributed by atoms with Gasteiger partial charge in [-0.3, -0.25) is 9.69 Å². The number of carbonyl (C=O) groups is 1. The topological polar surface area (TPSA) is 50.8 Å². The van der Waals surface area contributed by atoms with Crippen LogP contribution in [0.5, 0.6) is 11.5 Å². The monoisotopic (exact) mass is 436 g/mol. The third-order valence-corrected chi connectivity index (χ3v) is 5.70. The minimum Gasteiger partial charge on any atom is -0.486 e. The van der Waals surface area contributed by atoms with Crippen LogP contribution in [0.4, 0.5) is 22.0 Å². The van der Waals surface area contributed by atoms with E-state index in [4.69, 9.17) is 4.74 Å². The largest absolute Gasteiger partial charge is 0.486 e. The number of piperidine rings is 1. The van der Waals surface area contributed by atoms with Gasteiger partial charge in [-0.05, 0) is 44.7 Å². The molecule has 2 fully saturated rings. The number of nitrogens with one attached hydrogen (secondary N) is 1. The van der Waals surface area contributed by atoms with Crippen molar-refractivity contribution in [1.82, 2.24) is 10.2 Å². The second-order valence-electron chi connectivity index (χ2n) is 7.77. The zero-order valence-electron chi connectivity index (χ0n) is 16.5. The Labute approximate surface area is 171 Å². The smallest absolute Gasteiger partial charge is 0.387 e. The van der Waals surface area contributed by atoms with Crippen molar-refractivity contribution in [2.45, 2.75) is 63.8 Å². The summed E-state index contributed by atoms with van der Waals surface area (Å²) >= 11 is 0. The minimum absolute atomic E-state index is 0.0622. The van der Waals surface area contributed by atoms with Gasteiger partial charge in [-0.1, -0.05) is 0 Å². The van der Waals surface area contributed by atoms with Gasteiger partial charge in [-0.2, -0.15) is 8.78 Å². The summed E-state index contributed by atoms with van der Waals surface area (Å²) in [6.45, 7) is -0.569. The second-order valence-corrected chi connectivity index (χ2v) is 7.77. The van der Waals surface area contributed by atoms with Crippen molar-refractivity contribution in [3.8, 4) is 11.5 Å². The second kappa shape index (κ2) is 9.80. The van der Waals surface area contributed by atoms with Gasteiger partial charge in [0.15, 0.2) is 11.5 Å². The molecule has 1 unspecified atom stereocenters. The van der Waals surface area contributed by atoms with Crippen LogP contribution >= 0.6 is 0 Å². The highest BCUT2D eigenvalue weighted by Crippen LogP contribution is 2.36. The van der Waals surface area contributed by atoms with Gasteiger partial charge >= 0.3 is 6.61 Å². The van der Waals surface area contributed by atoms with Crippen LogP contribution in [0.15, 0.2) is 18.2 Å². The van der Waals surface area contributed by atoms with Crippen molar-refractivity contribution >= 4 is 5.91 Å². The van der Waals surface area contributed by atoms with Crippen LogP contribution in [0.25, 0.3) is 0 Å². The molecule has 30 heavy (non-hydrogen) atoms. The van der Waals surface area contributed by atoms with E-state index in [-0.39, 0.29) is 29.4 Å². The average Bonchev–Trinajstić information content (AvgIpc) is 2.65. The average molecular weight is 436 g/mol. The number of alkyl halides is 4. The van der Waals surface area contributed by atoms with Gasteiger partial charge in [0.1, 0.15) is 11.9 Å². The Hall–Kier alpha value is -2.10. The number of rotatable bonds is 8. The number of likely N-dealkylation sites (tertiary alicyclic amines) is 1. The van der Waals surface area contributed by atoms with E-state index in [2.05, 4.69) is 10.1 Å². The molecular weight excluding hydrogens is 411 g/mol. The van der Waals surface area contributed by atoms with E-state index in [1.807, 2.05) is 0 Å². The lowest BCUT2D eigenvalue weighted by molar-refractivity contribution is -0.131. The minimum atomic E-state index is -3.06. The number of benzene rings is 1. The summed E-state index contributed by atoms with van der Waals surface area (Å²) < 4.78 is 73.8. The van der Waals surface area contributed by atoms with Gasteiger partial charge < -0.3 is 14.8 Å². The summed E-state index contributed by atoms with van der Waals surface area (Å²) in [5, 5.41) is 2.95. The molecule has 1 atom stereocenters. The Morgan fingerprint density at radius 2 is 1.80 bits per heavy atom. The maximum Gasteiger partial charge on any atom is 0.387 e. The fourth-order valence-corrected chi connectivity index (χ4v) is 3.75. The molecule has 1 saturated carbocycles. The highest BCUT2D eigenvalue weighted by Gasteiger charge is 2.38. The van der Waals surface area contributed by atoms with Gasteiger partial charge in [0.05, 0.1) is 6.04 Å². The third kappa shape index (κ3) is 5.74. The molecule has 0 bridgehead atoms. The summed E-state index contributed by atoms with van der Waals surface area (Å²) in [6, 6.07) is 2.18. The summed E-state index contributed by atoms with van der Waals surface area (Å²) in [5.41, 5.74) is 0.